The molecule has 158 valence electrons. The van der Waals surface area contributed by atoms with Crippen LogP contribution in [0.3, 0.4) is 0 Å². The van der Waals surface area contributed by atoms with Gasteiger partial charge in [-0.05, 0) is 111 Å². The molecule has 5 fully saturated rings. The summed E-state index contributed by atoms with van der Waals surface area (Å²) in [6.45, 7) is 7.58. The van der Waals surface area contributed by atoms with Gasteiger partial charge in [0.25, 0.3) is 0 Å². The summed E-state index contributed by atoms with van der Waals surface area (Å²) in [4.78, 5) is 0. The van der Waals surface area contributed by atoms with Crippen LogP contribution in [0.1, 0.15) is 91.4 Å². The third-order valence-electron chi connectivity index (χ3n) is 11.5. The van der Waals surface area contributed by atoms with Crippen LogP contribution in [-0.2, 0) is 0 Å². The van der Waals surface area contributed by atoms with Crippen molar-refractivity contribution in [2.75, 3.05) is 0 Å². The molecule has 0 radical (unpaired) electrons. The molecular weight excluding hydrogens is 346 g/mol. The Hall–Kier alpha value is -0.570. The van der Waals surface area contributed by atoms with Crippen LogP contribution < -0.4 is 0 Å². The van der Waals surface area contributed by atoms with E-state index in [0.29, 0.717) is 22.7 Å². The van der Waals surface area contributed by atoms with E-state index in [0.717, 1.165) is 30.1 Å². The number of rotatable bonds is 1. The highest BCUT2D eigenvalue weighted by molar-refractivity contribution is 5.66. The minimum Gasteiger partial charge on any atom is -0.411 e. The summed E-state index contributed by atoms with van der Waals surface area (Å²) in [5.41, 5.74) is 1.10. The fraction of sp³-hybridized carbons (Fsp3) is 0.960. The number of hydrogen-bond donors (Lipinski definition) is 2. The van der Waals surface area contributed by atoms with E-state index in [1.807, 2.05) is 6.21 Å². The van der Waals surface area contributed by atoms with Gasteiger partial charge in [-0.2, -0.15) is 0 Å². The summed E-state index contributed by atoms with van der Waals surface area (Å²) >= 11 is 0. The molecule has 10 atom stereocenters. The van der Waals surface area contributed by atoms with E-state index < -0.39 is 0 Å². The topological polar surface area (TPSA) is 52.8 Å². The highest BCUT2D eigenvalue weighted by atomic mass is 16.4. The second-order valence-corrected chi connectivity index (χ2v) is 12.0. The Bertz CT molecular complexity index is 648. The van der Waals surface area contributed by atoms with Gasteiger partial charge in [-0.25, -0.2) is 0 Å². The van der Waals surface area contributed by atoms with E-state index >= 15 is 0 Å². The predicted molar refractivity (Wildman–Crippen MR) is 112 cm³/mol. The molecule has 0 aromatic carbocycles. The molecule has 3 heteroatoms. The molecule has 0 aromatic rings. The van der Waals surface area contributed by atoms with Gasteiger partial charge >= 0.3 is 0 Å². The van der Waals surface area contributed by atoms with E-state index in [9.17, 15) is 10.3 Å². The van der Waals surface area contributed by atoms with Crippen LogP contribution in [0.5, 0.6) is 0 Å². The average molecular weight is 388 g/mol. The maximum absolute atomic E-state index is 10.5. The van der Waals surface area contributed by atoms with Crippen molar-refractivity contribution in [1.29, 1.82) is 0 Å². The van der Waals surface area contributed by atoms with Gasteiger partial charge < -0.3 is 10.3 Å². The Morgan fingerprint density at radius 3 is 2.32 bits per heavy atom. The molecule has 10 unspecified atom stereocenters. The Balaban J connectivity index is 1.46. The number of fused-ring (bicyclic) bond motifs is 7. The Kier molecular flexibility index (Phi) is 4.48. The smallest absolute Gasteiger partial charge is 0.0568 e. The Morgan fingerprint density at radius 1 is 0.821 bits per heavy atom. The van der Waals surface area contributed by atoms with Gasteiger partial charge in [-0.3, -0.25) is 0 Å². The van der Waals surface area contributed by atoms with E-state index in [1.165, 1.54) is 64.2 Å². The van der Waals surface area contributed by atoms with Crippen LogP contribution in [0.25, 0.3) is 0 Å². The molecule has 0 heterocycles. The average Bonchev–Trinajstić information content (AvgIpc) is 3.09. The van der Waals surface area contributed by atoms with Crippen LogP contribution in [-0.4, -0.2) is 22.6 Å². The summed E-state index contributed by atoms with van der Waals surface area (Å²) in [5.74, 6) is 4.45. The second-order valence-electron chi connectivity index (χ2n) is 12.0. The van der Waals surface area contributed by atoms with E-state index in [-0.39, 0.29) is 11.5 Å². The standard InChI is InChI=1S/C25H41NO2/c1-16-18-8-12-24(3)19-9-14-25(15-26-28)11-4-5-20(25)17(19)6-7-22(24)23(18,2)13-10-21(16)27/h15-22,27-28H,4-14H2,1-3H3/b26-15+. The summed E-state index contributed by atoms with van der Waals surface area (Å²) in [6, 6.07) is 0. The summed E-state index contributed by atoms with van der Waals surface area (Å²) < 4.78 is 0. The first-order valence-electron chi connectivity index (χ1n) is 12.2. The van der Waals surface area contributed by atoms with Crippen molar-refractivity contribution in [3.05, 3.63) is 0 Å². The van der Waals surface area contributed by atoms with Crippen LogP contribution in [0.4, 0.5) is 0 Å². The van der Waals surface area contributed by atoms with Crippen molar-refractivity contribution < 1.29 is 10.3 Å². The molecular formula is C25H41NO2. The number of nitrogens with zero attached hydrogens (tertiary/aromatic N) is 1. The van der Waals surface area contributed by atoms with Crippen molar-refractivity contribution >= 4 is 6.21 Å². The molecule has 0 saturated heterocycles. The van der Waals surface area contributed by atoms with Crippen molar-refractivity contribution in [3.8, 4) is 0 Å². The highest BCUT2D eigenvalue weighted by Crippen LogP contribution is 2.71. The minimum atomic E-state index is -0.0784. The minimum absolute atomic E-state index is 0.0784. The maximum Gasteiger partial charge on any atom is 0.0568 e. The van der Waals surface area contributed by atoms with E-state index in [4.69, 9.17) is 0 Å². The molecule has 5 saturated carbocycles. The molecule has 0 bridgehead atoms. The summed E-state index contributed by atoms with van der Waals surface area (Å²) in [7, 11) is 0. The van der Waals surface area contributed by atoms with Gasteiger partial charge in [0.05, 0.1) is 12.3 Å². The van der Waals surface area contributed by atoms with Gasteiger partial charge in [-0.15, -0.1) is 5.16 Å². The predicted octanol–water partition coefficient (Wildman–Crippen LogP) is 5.88. The number of oxime groups is 1. The fourth-order valence-electron chi connectivity index (χ4n) is 10.2. The lowest BCUT2D eigenvalue weighted by molar-refractivity contribution is -0.190. The monoisotopic (exact) mass is 387 g/mol. The van der Waals surface area contributed by atoms with Crippen LogP contribution >= 0.6 is 0 Å². The molecule has 3 nitrogen and oxygen atoms in total. The molecule has 5 aliphatic rings. The van der Waals surface area contributed by atoms with Crippen LogP contribution in [0.15, 0.2) is 5.16 Å². The van der Waals surface area contributed by atoms with Crippen molar-refractivity contribution in [2.24, 2.45) is 56.9 Å². The van der Waals surface area contributed by atoms with Crippen molar-refractivity contribution in [3.63, 3.8) is 0 Å². The van der Waals surface area contributed by atoms with Gasteiger partial charge in [0.15, 0.2) is 0 Å². The zero-order chi connectivity index (χ0) is 19.7. The lowest BCUT2D eigenvalue weighted by atomic mass is 9.37. The molecule has 5 aliphatic carbocycles. The van der Waals surface area contributed by atoms with Gasteiger partial charge in [0, 0.05) is 5.41 Å². The Morgan fingerprint density at radius 2 is 1.54 bits per heavy atom. The highest BCUT2D eigenvalue weighted by Gasteiger charge is 2.64. The van der Waals surface area contributed by atoms with Crippen molar-refractivity contribution in [2.45, 2.75) is 97.5 Å². The third kappa shape index (κ3) is 2.41. The molecule has 0 amide bonds. The number of aliphatic hydroxyl groups is 1. The zero-order valence-corrected chi connectivity index (χ0v) is 18.2. The first-order chi connectivity index (χ1) is 13.4. The molecule has 0 aromatic heterocycles. The molecule has 5 rings (SSSR count). The summed E-state index contributed by atoms with van der Waals surface area (Å²) in [5, 5.41) is 23.4. The number of aliphatic hydroxyl groups excluding tert-OH is 1. The second kappa shape index (κ2) is 6.46. The molecule has 2 N–H and O–H groups in total. The quantitative estimate of drug-likeness (QED) is 0.335. The lowest BCUT2D eigenvalue weighted by Crippen LogP contribution is -2.61. The molecule has 0 aliphatic heterocycles. The van der Waals surface area contributed by atoms with E-state index in [2.05, 4.69) is 25.9 Å². The Labute approximate surface area is 171 Å². The third-order valence-corrected chi connectivity index (χ3v) is 11.5. The molecule has 28 heavy (non-hydrogen) atoms. The fourth-order valence-corrected chi connectivity index (χ4v) is 10.2. The largest absolute Gasteiger partial charge is 0.411 e. The van der Waals surface area contributed by atoms with Gasteiger partial charge in [-0.1, -0.05) is 27.2 Å². The van der Waals surface area contributed by atoms with Crippen LogP contribution in [0, 0.1) is 51.8 Å². The first kappa shape index (κ1) is 19.4. The summed E-state index contributed by atoms with van der Waals surface area (Å²) in [6.07, 6.45) is 16.0. The first-order valence-corrected chi connectivity index (χ1v) is 12.2. The molecule has 0 spiro atoms. The van der Waals surface area contributed by atoms with Crippen molar-refractivity contribution in [1.82, 2.24) is 0 Å². The lowest BCUT2D eigenvalue weighted by Gasteiger charge is -2.67. The normalized spacial score (nSPS) is 58.6. The number of hydrogen-bond acceptors (Lipinski definition) is 3. The van der Waals surface area contributed by atoms with Crippen LogP contribution in [0.2, 0.25) is 0 Å². The maximum atomic E-state index is 10.5. The van der Waals surface area contributed by atoms with E-state index in [1.54, 1.807) is 0 Å². The zero-order valence-electron chi connectivity index (χ0n) is 18.2. The van der Waals surface area contributed by atoms with Gasteiger partial charge in [0.1, 0.15) is 0 Å². The SMILES string of the molecule is CC1C(O)CCC2(C)C1CCC1(C)C3CCC4(/C=N/O)CCCC4C3CCC21. The van der Waals surface area contributed by atoms with Gasteiger partial charge in [0.2, 0.25) is 0 Å².